The lowest BCUT2D eigenvalue weighted by molar-refractivity contribution is -0.0291. The number of hydrogen-bond donors (Lipinski definition) is 1. The van der Waals surface area contributed by atoms with Crippen molar-refractivity contribution >= 4 is 0 Å². The summed E-state index contributed by atoms with van der Waals surface area (Å²) in [5.74, 6) is 0. The Labute approximate surface area is 131 Å². The number of rotatable bonds is 7. The fourth-order valence-corrected chi connectivity index (χ4v) is 4.12. The predicted octanol–water partition coefficient (Wildman–Crippen LogP) is 3.44. The molecular formula is C18H36N2O. The van der Waals surface area contributed by atoms with Crippen LogP contribution in [0.3, 0.4) is 0 Å². The highest BCUT2D eigenvalue weighted by Gasteiger charge is 2.35. The minimum atomic E-state index is 0.342. The van der Waals surface area contributed by atoms with Crippen LogP contribution in [0.4, 0.5) is 0 Å². The Bertz CT molecular complexity index is 268. The average molecular weight is 296 g/mol. The van der Waals surface area contributed by atoms with E-state index in [4.69, 9.17) is 4.74 Å². The van der Waals surface area contributed by atoms with Gasteiger partial charge in [0.2, 0.25) is 0 Å². The van der Waals surface area contributed by atoms with Gasteiger partial charge in [0.25, 0.3) is 0 Å². The lowest BCUT2D eigenvalue weighted by Crippen LogP contribution is -2.50. The van der Waals surface area contributed by atoms with Crippen LogP contribution in [0.15, 0.2) is 0 Å². The molecule has 2 fully saturated rings. The Hall–Kier alpha value is -0.120. The van der Waals surface area contributed by atoms with Crippen LogP contribution in [0.2, 0.25) is 0 Å². The van der Waals surface area contributed by atoms with Gasteiger partial charge in [-0.05, 0) is 45.7 Å². The third-order valence-electron chi connectivity index (χ3n) is 5.36. The molecule has 1 N–H and O–H groups in total. The van der Waals surface area contributed by atoms with Crippen molar-refractivity contribution in [3.05, 3.63) is 0 Å². The second kappa shape index (κ2) is 9.12. The molecule has 1 heterocycles. The third kappa shape index (κ3) is 5.54. The van der Waals surface area contributed by atoms with Crippen molar-refractivity contribution < 1.29 is 4.74 Å². The van der Waals surface area contributed by atoms with Gasteiger partial charge in [-0.25, -0.2) is 0 Å². The Morgan fingerprint density at radius 2 is 1.90 bits per heavy atom. The Balaban J connectivity index is 1.89. The van der Waals surface area contributed by atoms with Crippen LogP contribution in [-0.4, -0.2) is 50.8 Å². The second-order valence-corrected chi connectivity index (χ2v) is 7.39. The van der Waals surface area contributed by atoms with Crippen molar-refractivity contribution in [3.63, 3.8) is 0 Å². The van der Waals surface area contributed by atoms with E-state index < -0.39 is 0 Å². The SMILES string of the molecule is CCCNCC1(CN(C)C2CCCCCC2)CCCOC1. The minimum Gasteiger partial charge on any atom is -0.381 e. The maximum absolute atomic E-state index is 5.86. The molecule has 2 aliphatic rings. The molecule has 0 aromatic rings. The molecule has 0 bridgehead atoms. The normalized spacial score (nSPS) is 28.7. The van der Waals surface area contributed by atoms with E-state index >= 15 is 0 Å². The quantitative estimate of drug-likeness (QED) is 0.575. The van der Waals surface area contributed by atoms with Gasteiger partial charge in [-0.3, -0.25) is 0 Å². The van der Waals surface area contributed by atoms with Gasteiger partial charge in [0.1, 0.15) is 0 Å². The molecule has 1 unspecified atom stereocenters. The molecule has 1 aliphatic carbocycles. The van der Waals surface area contributed by atoms with E-state index in [1.165, 1.54) is 64.3 Å². The van der Waals surface area contributed by atoms with Crippen LogP contribution in [0, 0.1) is 5.41 Å². The van der Waals surface area contributed by atoms with Crippen LogP contribution in [0.25, 0.3) is 0 Å². The Morgan fingerprint density at radius 3 is 2.52 bits per heavy atom. The Morgan fingerprint density at radius 1 is 1.14 bits per heavy atom. The van der Waals surface area contributed by atoms with Gasteiger partial charge in [-0.2, -0.15) is 0 Å². The summed E-state index contributed by atoms with van der Waals surface area (Å²) in [6.45, 7) is 7.61. The first-order valence-corrected chi connectivity index (χ1v) is 9.24. The van der Waals surface area contributed by atoms with Gasteiger partial charge >= 0.3 is 0 Å². The van der Waals surface area contributed by atoms with Crippen molar-refractivity contribution in [2.24, 2.45) is 5.41 Å². The van der Waals surface area contributed by atoms with Gasteiger partial charge in [0.05, 0.1) is 6.61 Å². The molecule has 0 aromatic carbocycles. The van der Waals surface area contributed by atoms with E-state index in [9.17, 15) is 0 Å². The summed E-state index contributed by atoms with van der Waals surface area (Å²) in [5.41, 5.74) is 0.342. The van der Waals surface area contributed by atoms with Crippen LogP contribution in [0.5, 0.6) is 0 Å². The van der Waals surface area contributed by atoms with Crippen molar-refractivity contribution in [1.82, 2.24) is 10.2 Å². The van der Waals surface area contributed by atoms with Crippen LogP contribution >= 0.6 is 0 Å². The molecule has 1 atom stereocenters. The maximum atomic E-state index is 5.86. The monoisotopic (exact) mass is 296 g/mol. The highest BCUT2D eigenvalue weighted by Crippen LogP contribution is 2.31. The van der Waals surface area contributed by atoms with Crippen molar-refractivity contribution in [2.45, 2.75) is 70.8 Å². The number of nitrogens with zero attached hydrogens (tertiary/aromatic N) is 1. The summed E-state index contributed by atoms with van der Waals surface area (Å²) in [5, 5.41) is 3.66. The van der Waals surface area contributed by atoms with Crippen LogP contribution < -0.4 is 5.32 Å². The smallest absolute Gasteiger partial charge is 0.0546 e. The van der Waals surface area contributed by atoms with Crippen LogP contribution in [-0.2, 0) is 4.74 Å². The molecule has 0 radical (unpaired) electrons. The molecule has 21 heavy (non-hydrogen) atoms. The number of hydrogen-bond acceptors (Lipinski definition) is 3. The van der Waals surface area contributed by atoms with Crippen molar-refractivity contribution in [3.8, 4) is 0 Å². The molecule has 2 rings (SSSR count). The van der Waals surface area contributed by atoms with E-state index in [-0.39, 0.29) is 0 Å². The molecular weight excluding hydrogens is 260 g/mol. The summed E-state index contributed by atoms with van der Waals surface area (Å²) in [7, 11) is 2.35. The van der Waals surface area contributed by atoms with E-state index in [1.807, 2.05) is 0 Å². The lowest BCUT2D eigenvalue weighted by Gasteiger charge is -2.42. The van der Waals surface area contributed by atoms with Gasteiger partial charge in [-0.1, -0.05) is 32.6 Å². The first kappa shape index (κ1) is 17.2. The fourth-order valence-electron chi connectivity index (χ4n) is 4.12. The summed E-state index contributed by atoms with van der Waals surface area (Å²) >= 11 is 0. The van der Waals surface area contributed by atoms with Crippen molar-refractivity contribution in [2.75, 3.05) is 39.9 Å². The zero-order valence-corrected chi connectivity index (χ0v) is 14.3. The summed E-state index contributed by atoms with van der Waals surface area (Å²) < 4.78 is 5.86. The highest BCUT2D eigenvalue weighted by atomic mass is 16.5. The van der Waals surface area contributed by atoms with Crippen molar-refractivity contribution in [1.29, 1.82) is 0 Å². The highest BCUT2D eigenvalue weighted by molar-refractivity contribution is 4.88. The zero-order chi connectivity index (χ0) is 15.0. The van der Waals surface area contributed by atoms with E-state index in [0.29, 0.717) is 5.41 Å². The maximum Gasteiger partial charge on any atom is 0.0546 e. The molecule has 1 saturated heterocycles. The largest absolute Gasteiger partial charge is 0.381 e. The lowest BCUT2D eigenvalue weighted by atomic mass is 9.81. The molecule has 1 aliphatic heterocycles. The topological polar surface area (TPSA) is 24.5 Å². The molecule has 3 nitrogen and oxygen atoms in total. The summed E-state index contributed by atoms with van der Waals surface area (Å²) in [6, 6.07) is 0.803. The predicted molar refractivity (Wildman–Crippen MR) is 89.8 cm³/mol. The van der Waals surface area contributed by atoms with Gasteiger partial charge in [0, 0.05) is 31.2 Å². The zero-order valence-electron chi connectivity index (χ0n) is 14.3. The number of nitrogens with one attached hydrogen (secondary N) is 1. The second-order valence-electron chi connectivity index (χ2n) is 7.39. The van der Waals surface area contributed by atoms with E-state index in [0.717, 1.165) is 32.3 Å². The molecule has 0 aromatic heterocycles. The Kier molecular flexibility index (Phi) is 7.48. The molecule has 124 valence electrons. The van der Waals surface area contributed by atoms with E-state index in [1.54, 1.807) is 0 Å². The molecule has 3 heteroatoms. The van der Waals surface area contributed by atoms with Gasteiger partial charge < -0.3 is 15.0 Å². The summed E-state index contributed by atoms with van der Waals surface area (Å²) in [4.78, 5) is 2.66. The minimum absolute atomic E-state index is 0.342. The van der Waals surface area contributed by atoms with Gasteiger partial charge in [0.15, 0.2) is 0 Å². The van der Waals surface area contributed by atoms with E-state index in [2.05, 4.69) is 24.2 Å². The standard InChI is InChI=1S/C18H36N2O/c1-3-12-19-14-18(11-8-13-21-16-18)15-20(2)17-9-6-4-5-7-10-17/h17,19H,3-16H2,1-2H3. The molecule has 0 spiro atoms. The summed E-state index contributed by atoms with van der Waals surface area (Å²) in [6.07, 6.45) is 12.3. The first-order chi connectivity index (χ1) is 10.3. The number of ether oxygens (including phenoxy) is 1. The molecule has 1 saturated carbocycles. The fraction of sp³-hybridized carbons (Fsp3) is 1.00. The molecule has 0 amide bonds. The average Bonchev–Trinajstić information content (AvgIpc) is 2.77. The third-order valence-corrected chi connectivity index (χ3v) is 5.36. The van der Waals surface area contributed by atoms with Crippen LogP contribution in [0.1, 0.15) is 64.7 Å². The van der Waals surface area contributed by atoms with Gasteiger partial charge in [-0.15, -0.1) is 0 Å². The first-order valence-electron chi connectivity index (χ1n) is 9.24.